The molecule has 0 unspecified atom stereocenters. The number of rotatable bonds is 2. The van der Waals surface area contributed by atoms with Gasteiger partial charge in [0, 0.05) is 37.1 Å². The molecule has 0 spiro atoms. The molecule has 24 heavy (non-hydrogen) atoms. The van der Waals surface area contributed by atoms with Crippen molar-refractivity contribution in [1.82, 2.24) is 19.4 Å². The number of carbonyl (C=O) groups is 1. The van der Waals surface area contributed by atoms with Crippen molar-refractivity contribution in [2.45, 2.75) is 18.9 Å². The summed E-state index contributed by atoms with van der Waals surface area (Å²) in [6, 6.07) is 7.55. The van der Waals surface area contributed by atoms with Gasteiger partial charge >= 0.3 is 0 Å². The van der Waals surface area contributed by atoms with Crippen molar-refractivity contribution in [2.24, 2.45) is 0 Å². The number of hydrogen-bond acceptors (Lipinski definition) is 3. The lowest BCUT2D eigenvalue weighted by atomic mass is 10.0. The number of aromatic nitrogens is 3. The highest BCUT2D eigenvalue weighted by molar-refractivity contribution is 6.36. The van der Waals surface area contributed by atoms with E-state index < -0.39 is 0 Å². The lowest BCUT2D eigenvalue weighted by Gasteiger charge is -2.33. The number of benzene rings is 1. The maximum atomic E-state index is 13.1. The molecule has 0 N–H and O–H groups in total. The molecule has 3 aromatic rings. The number of imidazole rings is 1. The average molecular weight is 341 g/mol. The highest BCUT2D eigenvalue weighted by Crippen LogP contribution is 2.28. The SMILES string of the molecule is O=C(c1ccc(Cl)c2cccnc12)N1CCC[C@@H](n2ccnc2)C1. The quantitative estimate of drug-likeness (QED) is 0.716. The molecule has 1 fully saturated rings. The molecule has 1 atom stereocenters. The van der Waals surface area contributed by atoms with Gasteiger partial charge in [-0.25, -0.2) is 4.98 Å². The second kappa shape index (κ2) is 6.24. The van der Waals surface area contributed by atoms with Crippen LogP contribution in [0, 0.1) is 0 Å². The minimum absolute atomic E-state index is 0.0141. The van der Waals surface area contributed by atoms with Crippen LogP contribution < -0.4 is 0 Å². The number of piperidine rings is 1. The van der Waals surface area contributed by atoms with Gasteiger partial charge in [0.2, 0.25) is 0 Å². The predicted molar refractivity (Wildman–Crippen MR) is 93.2 cm³/mol. The van der Waals surface area contributed by atoms with Crippen molar-refractivity contribution < 1.29 is 4.79 Å². The molecule has 122 valence electrons. The van der Waals surface area contributed by atoms with Gasteiger partial charge in [-0.3, -0.25) is 9.78 Å². The highest BCUT2D eigenvalue weighted by Gasteiger charge is 2.26. The zero-order chi connectivity index (χ0) is 16.5. The molecular weight excluding hydrogens is 324 g/mol. The lowest BCUT2D eigenvalue weighted by Crippen LogP contribution is -2.40. The second-order valence-electron chi connectivity index (χ2n) is 6.05. The molecule has 0 saturated carbocycles. The first kappa shape index (κ1) is 15.1. The Labute approximate surface area is 144 Å². The van der Waals surface area contributed by atoms with E-state index in [2.05, 4.69) is 14.5 Å². The van der Waals surface area contributed by atoms with E-state index in [0.29, 0.717) is 22.6 Å². The van der Waals surface area contributed by atoms with Crippen molar-refractivity contribution in [3.63, 3.8) is 0 Å². The van der Waals surface area contributed by atoms with Crippen LogP contribution in [0.1, 0.15) is 29.2 Å². The van der Waals surface area contributed by atoms with Crippen LogP contribution in [0.5, 0.6) is 0 Å². The van der Waals surface area contributed by atoms with Crippen LogP contribution in [0.2, 0.25) is 5.02 Å². The first-order chi connectivity index (χ1) is 11.7. The molecular formula is C18H17ClN4O. The Morgan fingerprint density at radius 3 is 3.00 bits per heavy atom. The van der Waals surface area contributed by atoms with E-state index in [1.165, 1.54) is 0 Å². The van der Waals surface area contributed by atoms with Crippen LogP contribution in [0.4, 0.5) is 0 Å². The van der Waals surface area contributed by atoms with E-state index in [0.717, 1.165) is 24.8 Å². The van der Waals surface area contributed by atoms with E-state index in [4.69, 9.17) is 11.6 Å². The molecule has 4 rings (SSSR count). The number of hydrogen-bond donors (Lipinski definition) is 0. The van der Waals surface area contributed by atoms with Crippen LogP contribution in [0.15, 0.2) is 49.2 Å². The van der Waals surface area contributed by atoms with Gasteiger partial charge in [-0.15, -0.1) is 0 Å². The van der Waals surface area contributed by atoms with Gasteiger partial charge in [-0.05, 0) is 37.1 Å². The summed E-state index contributed by atoms with van der Waals surface area (Å²) in [6.07, 6.45) is 9.28. The third kappa shape index (κ3) is 2.65. The minimum Gasteiger partial charge on any atom is -0.337 e. The molecule has 1 aliphatic heterocycles. The second-order valence-corrected chi connectivity index (χ2v) is 6.46. The molecule has 1 amide bonds. The predicted octanol–water partition coefficient (Wildman–Crippen LogP) is 3.56. The summed E-state index contributed by atoms with van der Waals surface area (Å²) in [7, 11) is 0. The highest BCUT2D eigenvalue weighted by atomic mass is 35.5. The fourth-order valence-electron chi connectivity index (χ4n) is 3.35. The van der Waals surface area contributed by atoms with Crippen LogP contribution in [0.3, 0.4) is 0 Å². The van der Waals surface area contributed by atoms with E-state index in [-0.39, 0.29) is 11.9 Å². The van der Waals surface area contributed by atoms with Crippen LogP contribution in [-0.2, 0) is 0 Å². The molecule has 1 aliphatic rings. The molecule has 6 heteroatoms. The standard InChI is InChI=1S/C18H17ClN4O/c19-16-6-5-15(17-14(16)4-1-7-21-17)18(24)22-9-2-3-13(11-22)23-10-8-20-12-23/h1,4-8,10,12-13H,2-3,9,11H2/t13-/m1/s1. The number of likely N-dealkylation sites (tertiary alicyclic amines) is 1. The van der Waals surface area contributed by atoms with Gasteiger partial charge in [0.15, 0.2) is 0 Å². The van der Waals surface area contributed by atoms with Crippen LogP contribution >= 0.6 is 11.6 Å². The summed E-state index contributed by atoms with van der Waals surface area (Å²) in [5, 5.41) is 1.43. The molecule has 2 aromatic heterocycles. The summed E-state index contributed by atoms with van der Waals surface area (Å²) < 4.78 is 2.08. The van der Waals surface area contributed by atoms with Gasteiger partial charge in [0.25, 0.3) is 5.91 Å². The maximum Gasteiger partial charge on any atom is 0.256 e. The summed E-state index contributed by atoms with van der Waals surface area (Å²) in [6.45, 7) is 1.45. The molecule has 0 aliphatic carbocycles. The number of halogens is 1. The topological polar surface area (TPSA) is 51.0 Å². The third-order valence-electron chi connectivity index (χ3n) is 4.58. The molecule has 5 nitrogen and oxygen atoms in total. The van der Waals surface area contributed by atoms with Crippen molar-refractivity contribution in [3.05, 3.63) is 59.8 Å². The number of carbonyl (C=O) groups excluding carboxylic acids is 1. The summed E-state index contributed by atoms with van der Waals surface area (Å²) >= 11 is 6.24. The Morgan fingerprint density at radius 2 is 2.17 bits per heavy atom. The number of nitrogens with zero attached hydrogens (tertiary/aromatic N) is 4. The monoisotopic (exact) mass is 340 g/mol. The molecule has 0 radical (unpaired) electrons. The van der Waals surface area contributed by atoms with Gasteiger partial charge in [-0.2, -0.15) is 0 Å². The largest absolute Gasteiger partial charge is 0.337 e. The van der Waals surface area contributed by atoms with Gasteiger partial charge < -0.3 is 9.47 Å². The van der Waals surface area contributed by atoms with Crippen molar-refractivity contribution in [3.8, 4) is 0 Å². The smallest absolute Gasteiger partial charge is 0.256 e. The fourth-order valence-corrected chi connectivity index (χ4v) is 3.56. The molecule has 0 bridgehead atoms. The first-order valence-electron chi connectivity index (χ1n) is 8.04. The minimum atomic E-state index is 0.0141. The Balaban J connectivity index is 1.65. The van der Waals surface area contributed by atoms with Gasteiger partial charge in [0.05, 0.1) is 28.5 Å². The molecule has 3 heterocycles. The van der Waals surface area contributed by atoms with Crippen LogP contribution in [-0.4, -0.2) is 38.4 Å². The van der Waals surface area contributed by atoms with Crippen molar-refractivity contribution in [2.75, 3.05) is 13.1 Å². The zero-order valence-electron chi connectivity index (χ0n) is 13.1. The van der Waals surface area contributed by atoms with E-state index in [9.17, 15) is 4.79 Å². The summed E-state index contributed by atoms with van der Waals surface area (Å²) in [5.41, 5.74) is 1.28. The molecule has 1 saturated heterocycles. The Kier molecular flexibility index (Phi) is 3.94. The normalized spacial score (nSPS) is 18.0. The Morgan fingerprint density at radius 1 is 1.25 bits per heavy atom. The average Bonchev–Trinajstić information content (AvgIpc) is 3.17. The summed E-state index contributed by atoms with van der Waals surface area (Å²) in [5.74, 6) is 0.0141. The number of pyridine rings is 1. The van der Waals surface area contributed by atoms with E-state index >= 15 is 0 Å². The van der Waals surface area contributed by atoms with Crippen molar-refractivity contribution >= 4 is 28.4 Å². The maximum absolute atomic E-state index is 13.1. The Hall–Kier alpha value is -2.40. The van der Waals surface area contributed by atoms with Crippen LogP contribution in [0.25, 0.3) is 10.9 Å². The van der Waals surface area contributed by atoms with Gasteiger partial charge in [-0.1, -0.05) is 11.6 Å². The first-order valence-corrected chi connectivity index (χ1v) is 8.42. The summed E-state index contributed by atoms with van der Waals surface area (Å²) in [4.78, 5) is 23.5. The third-order valence-corrected chi connectivity index (χ3v) is 4.91. The zero-order valence-corrected chi connectivity index (χ0v) is 13.9. The molecule has 1 aromatic carbocycles. The van der Waals surface area contributed by atoms with E-state index in [1.54, 1.807) is 24.5 Å². The van der Waals surface area contributed by atoms with Gasteiger partial charge in [0.1, 0.15) is 0 Å². The Bertz CT molecular complexity index is 878. The number of fused-ring (bicyclic) bond motifs is 1. The van der Waals surface area contributed by atoms with Crippen molar-refractivity contribution in [1.29, 1.82) is 0 Å². The lowest BCUT2D eigenvalue weighted by molar-refractivity contribution is 0.0681. The number of amides is 1. The van der Waals surface area contributed by atoms with E-state index in [1.807, 2.05) is 29.6 Å². The fraction of sp³-hybridized carbons (Fsp3) is 0.278.